The Morgan fingerprint density at radius 1 is 1.07 bits per heavy atom. The maximum atomic E-state index is 12.6. The number of hydrogen-bond donors (Lipinski definition) is 2. The van der Waals surface area contributed by atoms with Gasteiger partial charge in [-0.15, -0.1) is 0 Å². The second-order valence-corrected chi connectivity index (χ2v) is 11.1. The molecule has 1 aliphatic heterocycles. The molecule has 0 bridgehead atoms. The lowest BCUT2D eigenvalue weighted by atomic mass is 9.92. The van der Waals surface area contributed by atoms with Crippen LogP contribution in [0.3, 0.4) is 0 Å². The lowest BCUT2D eigenvalue weighted by molar-refractivity contribution is -0.121. The zero-order valence-electron chi connectivity index (χ0n) is 24.4. The van der Waals surface area contributed by atoms with Crippen molar-refractivity contribution in [2.24, 2.45) is 5.92 Å². The molecular weight excluding hydrogens is 516 g/mol. The van der Waals surface area contributed by atoms with E-state index in [1.165, 1.54) is 30.6 Å². The Morgan fingerprint density at radius 2 is 1.83 bits per heavy atom. The Morgan fingerprint density at radius 3 is 2.59 bits per heavy atom. The van der Waals surface area contributed by atoms with Gasteiger partial charge in [-0.25, -0.2) is 4.68 Å². The number of piperidine rings is 1. The molecule has 0 spiro atoms. The zero-order valence-corrected chi connectivity index (χ0v) is 24.4. The number of nitrogens with one attached hydrogen (secondary N) is 1. The monoisotopic (exact) mass is 560 g/mol. The number of aliphatic hydroxyl groups is 1. The molecule has 8 heteroatoms. The highest BCUT2D eigenvalue weighted by atomic mass is 16.6. The van der Waals surface area contributed by atoms with Crippen molar-refractivity contribution in [1.82, 2.24) is 20.0 Å². The molecule has 1 atom stereocenters. The number of amides is 1. The summed E-state index contributed by atoms with van der Waals surface area (Å²) in [5.74, 6) is 0.857. The summed E-state index contributed by atoms with van der Waals surface area (Å²) in [4.78, 5) is 27.3. The average molecular weight is 561 g/mol. The van der Waals surface area contributed by atoms with E-state index < -0.39 is 6.29 Å². The summed E-state index contributed by atoms with van der Waals surface area (Å²) in [7, 11) is 2.17. The lowest BCUT2D eigenvalue weighted by Gasteiger charge is -2.28. The molecule has 1 fully saturated rings. The van der Waals surface area contributed by atoms with Crippen molar-refractivity contribution in [2.75, 3.05) is 26.7 Å². The van der Waals surface area contributed by atoms with Crippen molar-refractivity contribution in [3.8, 4) is 11.3 Å². The first kappa shape index (κ1) is 30.6. The number of hydrogen-bond acceptors (Lipinski definition) is 6. The summed E-state index contributed by atoms with van der Waals surface area (Å²) in [6.45, 7) is 5.52. The van der Waals surface area contributed by atoms with E-state index in [0.717, 1.165) is 41.0 Å². The van der Waals surface area contributed by atoms with Crippen LogP contribution >= 0.6 is 0 Å². The Balaban J connectivity index is 1.28. The summed E-state index contributed by atoms with van der Waals surface area (Å²) in [5, 5.41) is 17.5. The number of aromatic nitrogens is 2. The van der Waals surface area contributed by atoms with Crippen molar-refractivity contribution in [3.63, 3.8) is 0 Å². The van der Waals surface area contributed by atoms with Crippen LogP contribution in [0.5, 0.6) is 0 Å². The Bertz CT molecular complexity index is 1300. The van der Waals surface area contributed by atoms with Gasteiger partial charge in [-0.2, -0.15) is 5.10 Å². The molecule has 0 aliphatic carbocycles. The molecule has 2 aromatic carbocycles. The Hall–Kier alpha value is -3.33. The van der Waals surface area contributed by atoms with E-state index in [0.29, 0.717) is 44.7 Å². The third-order valence-corrected chi connectivity index (χ3v) is 7.82. The van der Waals surface area contributed by atoms with E-state index in [9.17, 15) is 14.7 Å². The van der Waals surface area contributed by atoms with Crippen molar-refractivity contribution in [1.29, 1.82) is 0 Å². The smallest absolute Gasteiger partial charge is 0.267 e. The van der Waals surface area contributed by atoms with Crippen LogP contribution in [-0.4, -0.2) is 58.7 Å². The van der Waals surface area contributed by atoms with Gasteiger partial charge in [0.25, 0.3) is 5.56 Å². The second kappa shape index (κ2) is 15.6. The third-order valence-electron chi connectivity index (χ3n) is 7.82. The van der Waals surface area contributed by atoms with Crippen LogP contribution in [0.25, 0.3) is 11.3 Å². The third kappa shape index (κ3) is 9.92. The van der Waals surface area contributed by atoms with Gasteiger partial charge in [-0.3, -0.25) is 9.59 Å². The summed E-state index contributed by atoms with van der Waals surface area (Å²) >= 11 is 0. The predicted octanol–water partition coefficient (Wildman–Crippen LogP) is 4.37. The van der Waals surface area contributed by atoms with Gasteiger partial charge < -0.3 is 20.1 Å². The minimum absolute atomic E-state index is 0.102. The predicted molar refractivity (Wildman–Crippen MR) is 161 cm³/mol. The number of likely N-dealkylation sites (tertiary alicyclic amines) is 1. The molecule has 2 heterocycles. The molecule has 41 heavy (non-hydrogen) atoms. The molecule has 1 amide bonds. The summed E-state index contributed by atoms with van der Waals surface area (Å²) in [5.41, 5.74) is 4.52. The van der Waals surface area contributed by atoms with E-state index in [-0.39, 0.29) is 11.5 Å². The van der Waals surface area contributed by atoms with Gasteiger partial charge in [0.15, 0.2) is 6.29 Å². The van der Waals surface area contributed by atoms with E-state index in [4.69, 9.17) is 4.74 Å². The highest BCUT2D eigenvalue weighted by Gasteiger charge is 2.16. The molecule has 1 aliphatic rings. The average Bonchev–Trinajstić information content (AvgIpc) is 2.98. The minimum atomic E-state index is -0.772. The number of rotatable bonds is 14. The molecule has 1 aromatic heterocycles. The van der Waals surface area contributed by atoms with Crippen molar-refractivity contribution >= 4 is 5.91 Å². The molecule has 3 aromatic rings. The van der Waals surface area contributed by atoms with Gasteiger partial charge in [0, 0.05) is 37.6 Å². The van der Waals surface area contributed by atoms with E-state index >= 15 is 0 Å². The normalized spacial score (nSPS) is 15.1. The summed E-state index contributed by atoms with van der Waals surface area (Å²) in [6, 6.07) is 19.2. The topological polar surface area (TPSA) is 96.7 Å². The maximum absolute atomic E-state index is 12.6. The number of aryl methyl sites for hydroxylation is 1. The van der Waals surface area contributed by atoms with E-state index in [2.05, 4.69) is 22.4 Å². The quantitative estimate of drug-likeness (QED) is 0.284. The molecule has 0 radical (unpaired) electrons. The fourth-order valence-corrected chi connectivity index (χ4v) is 5.32. The van der Waals surface area contributed by atoms with Crippen molar-refractivity contribution in [2.45, 2.75) is 71.2 Å². The highest BCUT2D eigenvalue weighted by molar-refractivity contribution is 5.75. The fraction of sp³-hybridized carbons (Fsp3) is 0.485. The number of benzene rings is 2. The molecule has 2 N–H and O–H groups in total. The molecule has 1 unspecified atom stereocenters. The number of nitrogens with zero attached hydrogens (tertiary/aromatic N) is 3. The van der Waals surface area contributed by atoms with E-state index in [1.54, 1.807) is 12.1 Å². The van der Waals surface area contributed by atoms with Crippen LogP contribution in [0, 0.1) is 5.92 Å². The first-order chi connectivity index (χ1) is 19.9. The summed E-state index contributed by atoms with van der Waals surface area (Å²) < 4.78 is 6.68. The molecule has 8 nitrogen and oxygen atoms in total. The lowest BCUT2D eigenvalue weighted by Crippen LogP contribution is -2.30. The molecular formula is C33H44N4O4. The van der Waals surface area contributed by atoms with Crippen LogP contribution in [-0.2, 0) is 29.0 Å². The zero-order chi connectivity index (χ0) is 29.0. The SMILES string of the molecule is CCOC(O)CCc1cccc(Cn2nc(-c3ccc(CNC(=O)CCCC4CCN(C)CC4)cc3)ccc2=O)c1. The van der Waals surface area contributed by atoms with Crippen LogP contribution in [0.15, 0.2) is 65.5 Å². The first-order valence-corrected chi connectivity index (χ1v) is 14.9. The first-order valence-electron chi connectivity index (χ1n) is 14.9. The Labute approximate surface area is 243 Å². The molecule has 1 saturated heterocycles. The van der Waals surface area contributed by atoms with Gasteiger partial charge in [0.05, 0.1) is 12.2 Å². The Kier molecular flexibility index (Phi) is 11.7. The number of carbonyl (C=O) groups excluding carboxylic acids is 1. The van der Waals surface area contributed by atoms with Gasteiger partial charge >= 0.3 is 0 Å². The van der Waals surface area contributed by atoms with Crippen LogP contribution in [0.4, 0.5) is 0 Å². The number of ether oxygens (including phenoxy) is 1. The largest absolute Gasteiger partial charge is 0.368 e. The molecule has 0 saturated carbocycles. The molecule has 220 valence electrons. The second-order valence-electron chi connectivity index (χ2n) is 11.1. The van der Waals surface area contributed by atoms with Crippen molar-refractivity contribution in [3.05, 3.63) is 87.7 Å². The van der Waals surface area contributed by atoms with Gasteiger partial charge in [-0.1, -0.05) is 48.5 Å². The minimum Gasteiger partial charge on any atom is -0.368 e. The van der Waals surface area contributed by atoms with Crippen LogP contribution in [0.1, 0.15) is 62.1 Å². The maximum Gasteiger partial charge on any atom is 0.267 e. The van der Waals surface area contributed by atoms with Crippen LogP contribution in [0.2, 0.25) is 0 Å². The standard InChI is InChI=1S/C33H44N4O4/c1-3-41-33(40)17-12-26-7-4-8-28(22-26)24-37-32(39)16-15-30(35-37)29-13-10-27(11-14-29)23-34-31(38)9-5-6-25-18-20-36(2)21-19-25/h4,7-8,10-11,13-16,22,25,33,40H,3,5-6,9,12,17-21,23-24H2,1-2H3,(H,34,38). The van der Waals surface area contributed by atoms with Gasteiger partial charge in [0.1, 0.15) is 0 Å². The van der Waals surface area contributed by atoms with Crippen molar-refractivity contribution < 1.29 is 14.6 Å². The molecule has 4 rings (SSSR count). The van der Waals surface area contributed by atoms with Crippen LogP contribution < -0.4 is 10.9 Å². The highest BCUT2D eigenvalue weighted by Crippen LogP contribution is 2.22. The fourth-order valence-electron chi connectivity index (χ4n) is 5.32. The summed E-state index contributed by atoms with van der Waals surface area (Å²) in [6.07, 6.45) is 5.57. The number of carbonyl (C=O) groups is 1. The van der Waals surface area contributed by atoms with Gasteiger partial charge in [-0.05, 0) is 87.8 Å². The van der Waals surface area contributed by atoms with Gasteiger partial charge in [0.2, 0.25) is 5.91 Å². The number of aliphatic hydroxyl groups excluding tert-OH is 1. The van der Waals surface area contributed by atoms with E-state index in [1.807, 2.05) is 55.5 Å².